The van der Waals surface area contributed by atoms with Crippen LogP contribution in [-0.4, -0.2) is 81.7 Å². The van der Waals surface area contributed by atoms with Crippen molar-refractivity contribution >= 4 is 45.5 Å². The van der Waals surface area contributed by atoms with Crippen molar-refractivity contribution in [2.45, 2.75) is 59.2 Å². The molecule has 2 fully saturated rings. The van der Waals surface area contributed by atoms with Crippen LogP contribution in [0.3, 0.4) is 0 Å². The molecule has 3 aliphatic rings. The summed E-state index contributed by atoms with van der Waals surface area (Å²) >= 11 is 0. The highest BCUT2D eigenvalue weighted by Gasteiger charge is 2.28. The summed E-state index contributed by atoms with van der Waals surface area (Å²) in [6.07, 6.45) is 3.38. The Labute approximate surface area is 233 Å². The van der Waals surface area contributed by atoms with E-state index in [0.29, 0.717) is 30.6 Å². The van der Waals surface area contributed by atoms with E-state index in [1.165, 1.54) is 11.3 Å². The summed E-state index contributed by atoms with van der Waals surface area (Å²) in [5.74, 6) is 2.99. The van der Waals surface area contributed by atoms with Gasteiger partial charge in [0.25, 0.3) is 0 Å². The van der Waals surface area contributed by atoms with Crippen LogP contribution >= 0.6 is 0 Å². The number of aromatic nitrogens is 6. The number of H-pyrrole nitrogens is 1. The number of aryl methyl sites for hydroxylation is 1. The third kappa shape index (κ3) is 4.81. The lowest BCUT2D eigenvalue weighted by Crippen LogP contribution is -2.46. The third-order valence-corrected chi connectivity index (χ3v) is 8.21. The van der Waals surface area contributed by atoms with Crippen LogP contribution in [0.4, 0.5) is 23.4 Å². The second-order valence-corrected chi connectivity index (χ2v) is 12.2. The Kier molecular flexibility index (Phi) is 6.23. The van der Waals surface area contributed by atoms with Gasteiger partial charge in [-0.05, 0) is 62.3 Å². The zero-order valence-electron chi connectivity index (χ0n) is 23.7. The zero-order valence-corrected chi connectivity index (χ0v) is 23.7. The Morgan fingerprint density at radius 1 is 0.975 bits per heavy atom. The topological polar surface area (TPSA) is 117 Å². The summed E-state index contributed by atoms with van der Waals surface area (Å²) in [5.41, 5.74) is 4.22. The first-order valence-electron chi connectivity index (χ1n) is 14.4. The van der Waals surface area contributed by atoms with E-state index in [9.17, 15) is 0 Å². The maximum absolute atomic E-state index is 5.97. The number of nitrogens with zero attached hydrogens (tertiary/aromatic N) is 7. The molecule has 1 aliphatic carbocycles. The SMILES string of the molecule is CC1CN(c2nc(N3CCOCC3)c3ccc(Nc4n[nH]c5nc6c(cc45)CC(C)(C)CC6)nc3n2)CC(C)O1. The van der Waals surface area contributed by atoms with Crippen molar-refractivity contribution < 1.29 is 9.47 Å². The minimum Gasteiger partial charge on any atom is -0.378 e. The van der Waals surface area contributed by atoms with Gasteiger partial charge in [-0.2, -0.15) is 15.1 Å². The van der Waals surface area contributed by atoms with E-state index in [0.717, 1.165) is 73.5 Å². The van der Waals surface area contributed by atoms with Crippen LogP contribution in [0.15, 0.2) is 18.2 Å². The minimum atomic E-state index is 0.105. The first-order chi connectivity index (χ1) is 19.3. The Balaban J connectivity index is 1.26. The fourth-order valence-corrected chi connectivity index (χ4v) is 6.23. The van der Waals surface area contributed by atoms with Gasteiger partial charge in [0.2, 0.25) is 5.95 Å². The highest BCUT2D eigenvalue weighted by molar-refractivity contribution is 5.92. The van der Waals surface area contributed by atoms with Crippen LogP contribution in [0.1, 0.15) is 45.4 Å². The predicted octanol–water partition coefficient (Wildman–Crippen LogP) is 4.00. The van der Waals surface area contributed by atoms with Crippen molar-refractivity contribution in [1.29, 1.82) is 0 Å². The van der Waals surface area contributed by atoms with Gasteiger partial charge in [0, 0.05) is 31.9 Å². The van der Waals surface area contributed by atoms with Gasteiger partial charge >= 0.3 is 0 Å². The molecule has 2 unspecified atom stereocenters. The molecule has 0 spiro atoms. The summed E-state index contributed by atoms with van der Waals surface area (Å²) in [5, 5.41) is 13.0. The maximum atomic E-state index is 5.97. The van der Waals surface area contributed by atoms with E-state index in [1.807, 2.05) is 6.07 Å². The smallest absolute Gasteiger partial charge is 0.229 e. The summed E-state index contributed by atoms with van der Waals surface area (Å²) in [4.78, 5) is 24.4. The molecule has 0 amide bonds. The number of hydrogen-bond acceptors (Lipinski definition) is 10. The van der Waals surface area contributed by atoms with Crippen LogP contribution in [0, 0.1) is 5.41 Å². The molecular weight excluding hydrogens is 506 g/mol. The highest BCUT2D eigenvalue weighted by Crippen LogP contribution is 2.36. The fraction of sp³-hybridized carbons (Fsp3) is 0.552. The number of anilines is 4. The molecule has 210 valence electrons. The van der Waals surface area contributed by atoms with Crippen LogP contribution in [-0.2, 0) is 22.3 Å². The van der Waals surface area contributed by atoms with Gasteiger partial charge in [0.05, 0.1) is 36.2 Å². The second kappa shape index (κ2) is 9.81. The Morgan fingerprint density at radius 2 is 1.77 bits per heavy atom. The predicted molar refractivity (Wildman–Crippen MR) is 156 cm³/mol. The Morgan fingerprint density at radius 3 is 2.58 bits per heavy atom. The lowest BCUT2D eigenvalue weighted by molar-refractivity contribution is -0.00570. The zero-order chi connectivity index (χ0) is 27.4. The molecule has 2 saturated heterocycles. The van der Waals surface area contributed by atoms with Gasteiger partial charge in [0.1, 0.15) is 11.6 Å². The Hall–Kier alpha value is -3.57. The van der Waals surface area contributed by atoms with Crippen molar-refractivity contribution in [2.75, 3.05) is 54.5 Å². The van der Waals surface area contributed by atoms with E-state index in [1.54, 1.807) is 0 Å². The molecule has 11 heteroatoms. The van der Waals surface area contributed by atoms with Gasteiger partial charge in [0.15, 0.2) is 17.1 Å². The van der Waals surface area contributed by atoms with Gasteiger partial charge in [-0.1, -0.05) is 13.8 Å². The third-order valence-electron chi connectivity index (χ3n) is 8.21. The van der Waals surface area contributed by atoms with Crippen LogP contribution < -0.4 is 15.1 Å². The lowest BCUT2D eigenvalue weighted by Gasteiger charge is -2.36. The molecule has 7 rings (SSSR count). The van der Waals surface area contributed by atoms with Crippen LogP contribution in [0.2, 0.25) is 0 Å². The first kappa shape index (κ1) is 25.4. The first-order valence-corrected chi connectivity index (χ1v) is 14.4. The second-order valence-electron chi connectivity index (χ2n) is 12.2. The molecule has 2 aliphatic heterocycles. The average molecular weight is 544 g/mol. The van der Waals surface area contributed by atoms with Crippen molar-refractivity contribution in [2.24, 2.45) is 5.41 Å². The van der Waals surface area contributed by atoms with E-state index in [-0.39, 0.29) is 17.6 Å². The summed E-state index contributed by atoms with van der Waals surface area (Å²) in [7, 11) is 0. The molecule has 2 N–H and O–H groups in total. The fourth-order valence-electron chi connectivity index (χ4n) is 6.23. The van der Waals surface area contributed by atoms with Crippen molar-refractivity contribution in [1.82, 2.24) is 30.1 Å². The van der Waals surface area contributed by atoms with Crippen LogP contribution in [0.25, 0.3) is 22.1 Å². The molecule has 4 aromatic rings. The van der Waals surface area contributed by atoms with Gasteiger partial charge < -0.3 is 24.6 Å². The molecule has 0 saturated carbocycles. The number of hydrogen-bond donors (Lipinski definition) is 2. The van der Waals surface area contributed by atoms with Gasteiger partial charge in [-0.15, -0.1) is 0 Å². The molecule has 6 heterocycles. The summed E-state index contributed by atoms with van der Waals surface area (Å²) in [6.45, 7) is 13.3. The van der Waals surface area contributed by atoms with Gasteiger partial charge in [-0.25, -0.2) is 9.97 Å². The molecule has 2 atom stereocenters. The maximum Gasteiger partial charge on any atom is 0.229 e. The van der Waals surface area contributed by atoms with Crippen LogP contribution in [0.5, 0.6) is 0 Å². The number of aromatic amines is 1. The molecule has 0 aromatic carbocycles. The number of nitrogens with one attached hydrogen (secondary N) is 2. The van der Waals surface area contributed by atoms with Crippen molar-refractivity contribution in [3.8, 4) is 0 Å². The monoisotopic (exact) mass is 543 g/mol. The molecule has 4 aromatic heterocycles. The summed E-state index contributed by atoms with van der Waals surface area (Å²) in [6, 6.07) is 6.27. The van der Waals surface area contributed by atoms with E-state index >= 15 is 0 Å². The highest BCUT2D eigenvalue weighted by atomic mass is 16.5. The average Bonchev–Trinajstić information content (AvgIpc) is 3.31. The standard InChI is InChI=1S/C29H37N9O2/c1-17-15-38(16-18(2)40-17)28-33-24-20(27(34-28)37-9-11-39-12-10-37)5-6-23(31-24)32-26-21-13-19-14-29(3,4)8-7-22(19)30-25(21)35-36-26/h5-6,13,17-18H,7-12,14-16H2,1-4H3,(H2,30,31,32,33,34,35,36). The molecule has 11 nitrogen and oxygen atoms in total. The normalized spacial score (nSPS) is 23.0. The number of morpholine rings is 2. The van der Waals surface area contributed by atoms with E-state index in [4.69, 9.17) is 29.4 Å². The minimum absolute atomic E-state index is 0.105. The quantitative estimate of drug-likeness (QED) is 0.391. The molecule has 0 bridgehead atoms. The number of ether oxygens (including phenoxy) is 2. The lowest BCUT2D eigenvalue weighted by atomic mass is 9.76. The molecule has 0 radical (unpaired) electrons. The Bertz CT molecular complexity index is 1550. The number of rotatable bonds is 4. The molecule has 40 heavy (non-hydrogen) atoms. The van der Waals surface area contributed by atoms with E-state index < -0.39 is 0 Å². The number of pyridine rings is 2. The summed E-state index contributed by atoms with van der Waals surface area (Å²) < 4.78 is 11.6. The largest absolute Gasteiger partial charge is 0.378 e. The van der Waals surface area contributed by atoms with Gasteiger partial charge in [-0.3, -0.25) is 5.10 Å². The molecular formula is C29H37N9O2. The van der Waals surface area contributed by atoms with E-state index in [2.05, 4.69) is 65.1 Å². The van der Waals surface area contributed by atoms with Crippen molar-refractivity contribution in [3.63, 3.8) is 0 Å². The number of fused-ring (bicyclic) bond motifs is 3. The van der Waals surface area contributed by atoms with Crippen molar-refractivity contribution in [3.05, 3.63) is 29.5 Å².